The average molecular weight is 680 g/mol. The number of rotatable bonds is 9. The highest BCUT2D eigenvalue weighted by Gasteiger charge is 2.36. The van der Waals surface area contributed by atoms with Crippen LogP contribution < -0.4 is 19.6 Å². The zero-order chi connectivity index (χ0) is 31.7. The molecule has 0 aliphatic carbocycles. The maximum absolute atomic E-state index is 14.2. The molecule has 0 radical (unpaired) electrons. The van der Waals surface area contributed by atoms with Gasteiger partial charge in [-0.25, -0.2) is 9.79 Å². The number of nitro benzene ring substituents is 1. The minimum atomic E-state index is -0.811. The van der Waals surface area contributed by atoms with Crippen molar-refractivity contribution in [3.05, 3.63) is 117 Å². The van der Waals surface area contributed by atoms with Gasteiger partial charge in [0, 0.05) is 39.2 Å². The second kappa shape index (κ2) is 12.7. The van der Waals surface area contributed by atoms with E-state index in [4.69, 9.17) is 14.5 Å². The van der Waals surface area contributed by atoms with Crippen LogP contribution in [0.1, 0.15) is 55.2 Å². The van der Waals surface area contributed by atoms with Gasteiger partial charge in [-0.3, -0.25) is 19.5 Å². The van der Waals surface area contributed by atoms with Gasteiger partial charge < -0.3 is 14.0 Å². The molecule has 44 heavy (non-hydrogen) atoms. The maximum atomic E-state index is 14.2. The van der Waals surface area contributed by atoms with Crippen LogP contribution in [0.25, 0.3) is 11.8 Å². The molecular formula is C32H31BrN4O6S. The van der Waals surface area contributed by atoms with Crippen molar-refractivity contribution < 1.29 is 19.2 Å². The largest absolute Gasteiger partial charge is 0.496 e. The summed E-state index contributed by atoms with van der Waals surface area (Å²) in [5.74, 6) is 0.00613. The van der Waals surface area contributed by atoms with Gasteiger partial charge in [0.1, 0.15) is 11.8 Å². The van der Waals surface area contributed by atoms with E-state index in [2.05, 4.69) is 15.9 Å². The Hall–Kier alpha value is -4.29. The van der Waals surface area contributed by atoms with Gasteiger partial charge in [0.15, 0.2) is 4.80 Å². The zero-order valence-corrected chi connectivity index (χ0v) is 27.3. The number of carbonyl (C=O) groups is 1. The molecule has 1 aliphatic heterocycles. The van der Waals surface area contributed by atoms with E-state index in [1.807, 2.05) is 49.6 Å². The van der Waals surface area contributed by atoms with Crippen molar-refractivity contribution in [3.63, 3.8) is 0 Å². The summed E-state index contributed by atoms with van der Waals surface area (Å²) < 4.78 is 16.0. The molecule has 228 valence electrons. The number of halogens is 1. The summed E-state index contributed by atoms with van der Waals surface area (Å²) in [4.78, 5) is 43.8. The van der Waals surface area contributed by atoms with Gasteiger partial charge in [0.05, 0.1) is 34.4 Å². The number of fused-ring (bicyclic) bond motifs is 1. The number of allylic oxidation sites excluding steroid dienone is 1. The number of nitro groups is 1. The monoisotopic (exact) mass is 678 g/mol. The number of thiazole rings is 1. The third kappa shape index (κ3) is 5.67. The quantitative estimate of drug-likeness (QED) is 0.128. The lowest BCUT2D eigenvalue weighted by molar-refractivity contribution is -0.384. The number of methoxy groups -OCH3 is 1. The number of aryl methyl sites for hydroxylation is 1. The molecule has 2 aromatic heterocycles. The van der Waals surface area contributed by atoms with Crippen molar-refractivity contribution >= 4 is 45.0 Å². The number of nitrogens with zero attached hydrogens (tertiary/aromatic N) is 4. The van der Waals surface area contributed by atoms with Crippen LogP contribution in [-0.4, -0.2) is 33.7 Å². The Bertz CT molecular complexity index is 1990. The lowest BCUT2D eigenvalue weighted by atomic mass is 9.93. The molecule has 0 saturated carbocycles. The molecule has 0 N–H and O–H groups in total. The van der Waals surface area contributed by atoms with E-state index >= 15 is 0 Å². The van der Waals surface area contributed by atoms with Crippen molar-refractivity contribution in [1.29, 1.82) is 0 Å². The molecule has 4 aromatic rings. The van der Waals surface area contributed by atoms with Crippen LogP contribution >= 0.6 is 27.3 Å². The summed E-state index contributed by atoms with van der Waals surface area (Å²) in [7, 11) is 1.55. The fraction of sp³-hybridized carbons (Fsp3) is 0.281. The third-order valence-corrected chi connectivity index (χ3v) is 8.93. The molecule has 10 nitrogen and oxygen atoms in total. The molecular weight excluding hydrogens is 648 g/mol. The van der Waals surface area contributed by atoms with Gasteiger partial charge in [-0.05, 0) is 75.2 Å². The van der Waals surface area contributed by atoms with E-state index in [0.29, 0.717) is 38.3 Å². The number of benzene rings is 2. The SMILES string of the molecule is CCCC1=C(C(=O)OCC)[C@@H](c2cc(Br)ccc2OC)n2c(s/c(=C/c3cc(C)n(-c4ccc([N+](=O)[O-])cc4)c3C)c2=O)=N1. The van der Waals surface area contributed by atoms with Gasteiger partial charge in [0.2, 0.25) is 0 Å². The molecule has 2 aromatic carbocycles. The van der Waals surface area contributed by atoms with Crippen LogP contribution in [0.15, 0.2) is 74.1 Å². The molecule has 1 aliphatic rings. The van der Waals surface area contributed by atoms with E-state index < -0.39 is 16.9 Å². The van der Waals surface area contributed by atoms with Gasteiger partial charge in [0.25, 0.3) is 11.2 Å². The summed E-state index contributed by atoms with van der Waals surface area (Å²) in [5.41, 5.74) is 4.63. The zero-order valence-electron chi connectivity index (χ0n) is 24.9. The van der Waals surface area contributed by atoms with E-state index in [-0.39, 0.29) is 17.9 Å². The fourth-order valence-corrected chi connectivity index (χ4v) is 6.92. The minimum Gasteiger partial charge on any atom is -0.496 e. The number of carbonyl (C=O) groups excluding carboxylic acids is 1. The Kier molecular flexibility index (Phi) is 9.02. The molecule has 0 bridgehead atoms. The number of hydrogen-bond acceptors (Lipinski definition) is 8. The standard InChI is InChI=1S/C32H31BrN4O6S/c1-6-8-25-28(31(39)43-7-2)29(24-17-21(33)9-14-26(24)42-5)36-30(38)27(44-32(36)34-25)16-20-15-18(3)35(19(20)4)22-10-12-23(13-11-22)37(40)41/h9-17,29H,6-8H2,1-5H3/b27-16+/t29-/m1/s1. The smallest absolute Gasteiger partial charge is 0.338 e. The second-order valence-corrected chi connectivity index (χ2v) is 12.2. The molecule has 0 amide bonds. The predicted molar refractivity (Wildman–Crippen MR) is 172 cm³/mol. The van der Waals surface area contributed by atoms with Gasteiger partial charge in [-0.2, -0.15) is 0 Å². The number of esters is 1. The molecule has 0 fully saturated rings. The normalized spacial score (nSPS) is 14.8. The van der Waals surface area contributed by atoms with E-state index in [9.17, 15) is 19.7 Å². The summed E-state index contributed by atoms with van der Waals surface area (Å²) >= 11 is 4.80. The lowest BCUT2D eigenvalue weighted by Gasteiger charge is -2.27. The second-order valence-electron chi connectivity index (χ2n) is 10.2. The van der Waals surface area contributed by atoms with Gasteiger partial charge in [-0.1, -0.05) is 40.6 Å². The predicted octanol–water partition coefficient (Wildman–Crippen LogP) is 5.67. The Morgan fingerprint density at radius 2 is 1.89 bits per heavy atom. The molecule has 5 rings (SSSR count). The Balaban J connectivity index is 1.73. The molecule has 1 atom stereocenters. The maximum Gasteiger partial charge on any atom is 0.338 e. The first-order valence-electron chi connectivity index (χ1n) is 14.1. The Morgan fingerprint density at radius 1 is 1.16 bits per heavy atom. The number of hydrogen-bond donors (Lipinski definition) is 0. The van der Waals surface area contributed by atoms with Crippen LogP contribution in [0, 0.1) is 24.0 Å². The lowest BCUT2D eigenvalue weighted by Crippen LogP contribution is -2.40. The van der Waals surface area contributed by atoms with Crippen LogP contribution in [0.2, 0.25) is 0 Å². The van der Waals surface area contributed by atoms with Crippen molar-refractivity contribution in [2.45, 2.75) is 46.6 Å². The van der Waals surface area contributed by atoms with Gasteiger partial charge >= 0.3 is 5.97 Å². The number of aromatic nitrogens is 2. The number of ether oxygens (including phenoxy) is 2. The molecule has 0 unspecified atom stereocenters. The summed E-state index contributed by atoms with van der Waals surface area (Å²) in [6.07, 6.45) is 3.10. The van der Waals surface area contributed by atoms with Crippen molar-refractivity contribution in [2.24, 2.45) is 4.99 Å². The summed E-state index contributed by atoms with van der Waals surface area (Å²) in [5, 5.41) is 11.1. The van der Waals surface area contributed by atoms with Gasteiger partial charge in [-0.15, -0.1) is 0 Å². The highest BCUT2D eigenvalue weighted by atomic mass is 79.9. The Labute approximate surface area is 265 Å². The first-order valence-corrected chi connectivity index (χ1v) is 15.7. The van der Waals surface area contributed by atoms with Crippen molar-refractivity contribution in [1.82, 2.24) is 9.13 Å². The average Bonchev–Trinajstić information content (AvgIpc) is 3.46. The van der Waals surface area contributed by atoms with Crippen molar-refractivity contribution in [3.8, 4) is 11.4 Å². The van der Waals surface area contributed by atoms with Crippen LogP contribution in [0.3, 0.4) is 0 Å². The fourth-order valence-electron chi connectivity index (χ4n) is 5.53. The summed E-state index contributed by atoms with van der Waals surface area (Å²) in [6.45, 7) is 7.81. The van der Waals surface area contributed by atoms with Crippen LogP contribution in [0.4, 0.5) is 5.69 Å². The molecule has 0 saturated heterocycles. The van der Waals surface area contributed by atoms with Crippen LogP contribution in [-0.2, 0) is 9.53 Å². The third-order valence-electron chi connectivity index (χ3n) is 7.45. The first-order chi connectivity index (χ1) is 21.1. The highest BCUT2D eigenvalue weighted by molar-refractivity contribution is 9.10. The Morgan fingerprint density at radius 3 is 2.52 bits per heavy atom. The molecule has 3 heterocycles. The van der Waals surface area contributed by atoms with E-state index in [0.717, 1.165) is 33.5 Å². The molecule has 12 heteroatoms. The van der Waals surface area contributed by atoms with E-state index in [1.54, 1.807) is 36.8 Å². The highest BCUT2D eigenvalue weighted by Crippen LogP contribution is 2.38. The first kappa shape index (κ1) is 31.1. The molecule has 0 spiro atoms. The summed E-state index contributed by atoms with van der Waals surface area (Å²) in [6, 6.07) is 13.0. The topological polar surface area (TPSA) is 118 Å². The minimum absolute atomic E-state index is 0.0128. The van der Waals surface area contributed by atoms with E-state index in [1.165, 1.54) is 23.5 Å². The van der Waals surface area contributed by atoms with Crippen LogP contribution in [0.5, 0.6) is 5.75 Å². The van der Waals surface area contributed by atoms with Crippen molar-refractivity contribution in [2.75, 3.05) is 13.7 Å². The number of non-ortho nitro benzene ring substituents is 1.